The SMILES string of the molecule is CC(C)(C)OC(=O)N1CCc2c(NCC3CCCC3)ccc(N)c2C1. The molecule has 1 heterocycles. The van der Waals surface area contributed by atoms with E-state index in [-0.39, 0.29) is 6.09 Å². The van der Waals surface area contributed by atoms with Crippen LogP contribution in [-0.2, 0) is 17.7 Å². The van der Waals surface area contributed by atoms with Gasteiger partial charge < -0.3 is 20.7 Å². The second-order valence-corrected chi connectivity index (χ2v) is 8.34. The molecule has 3 N–H and O–H groups in total. The molecular formula is C20H31N3O2. The van der Waals surface area contributed by atoms with E-state index in [2.05, 4.69) is 11.4 Å². The standard InChI is InChI=1S/C20H31N3O2/c1-20(2,3)25-19(24)23-11-10-15-16(13-23)17(21)8-9-18(15)22-12-14-6-4-5-7-14/h8-9,14,22H,4-7,10-13,21H2,1-3H3. The van der Waals surface area contributed by atoms with Gasteiger partial charge in [-0.3, -0.25) is 0 Å². The Hall–Kier alpha value is -1.91. The predicted octanol–water partition coefficient (Wildman–Crippen LogP) is 4.16. The van der Waals surface area contributed by atoms with Gasteiger partial charge in [0, 0.05) is 24.5 Å². The first kappa shape index (κ1) is 17.9. The number of rotatable bonds is 3. The van der Waals surface area contributed by atoms with Gasteiger partial charge in [0.25, 0.3) is 0 Å². The van der Waals surface area contributed by atoms with Gasteiger partial charge in [0.1, 0.15) is 5.60 Å². The Morgan fingerprint density at radius 1 is 1.28 bits per heavy atom. The number of ether oxygens (including phenoxy) is 1. The van der Waals surface area contributed by atoms with E-state index in [0.29, 0.717) is 13.1 Å². The first-order valence-corrected chi connectivity index (χ1v) is 9.45. The Morgan fingerprint density at radius 3 is 2.68 bits per heavy atom. The second kappa shape index (κ2) is 7.14. The van der Waals surface area contributed by atoms with Gasteiger partial charge in [0.2, 0.25) is 0 Å². The van der Waals surface area contributed by atoms with E-state index in [1.165, 1.54) is 36.9 Å². The Balaban J connectivity index is 1.71. The molecule has 1 aliphatic heterocycles. The fourth-order valence-corrected chi connectivity index (χ4v) is 3.82. The lowest BCUT2D eigenvalue weighted by Crippen LogP contribution is -2.40. The first-order chi connectivity index (χ1) is 11.8. The number of hydrogen-bond acceptors (Lipinski definition) is 4. The average Bonchev–Trinajstić information content (AvgIpc) is 3.06. The van der Waals surface area contributed by atoms with Crippen LogP contribution in [0.5, 0.6) is 0 Å². The van der Waals surface area contributed by atoms with E-state index < -0.39 is 5.60 Å². The number of anilines is 2. The van der Waals surface area contributed by atoms with Crippen LogP contribution in [0.3, 0.4) is 0 Å². The summed E-state index contributed by atoms with van der Waals surface area (Å²) in [7, 11) is 0. The van der Waals surface area contributed by atoms with E-state index in [9.17, 15) is 4.79 Å². The van der Waals surface area contributed by atoms with Gasteiger partial charge in [-0.1, -0.05) is 12.8 Å². The van der Waals surface area contributed by atoms with Crippen LogP contribution in [0.1, 0.15) is 57.6 Å². The number of carbonyl (C=O) groups is 1. The number of nitrogens with one attached hydrogen (secondary N) is 1. The summed E-state index contributed by atoms with van der Waals surface area (Å²) < 4.78 is 5.51. The fourth-order valence-electron chi connectivity index (χ4n) is 3.82. The van der Waals surface area contributed by atoms with E-state index in [1.54, 1.807) is 4.90 Å². The fraction of sp³-hybridized carbons (Fsp3) is 0.650. The summed E-state index contributed by atoms with van der Waals surface area (Å²) in [6.45, 7) is 7.90. The van der Waals surface area contributed by atoms with Gasteiger partial charge in [0.05, 0.1) is 6.54 Å². The monoisotopic (exact) mass is 345 g/mol. The maximum atomic E-state index is 12.4. The Morgan fingerprint density at radius 2 is 2.00 bits per heavy atom. The van der Waals surface area contributed by atoms with Crippen LogP contribution in [-0.4, -0.2) is 29.7 Å². The summed E-state index contributed by atoms with van der Waals surface area (Å²) in [4.78, 5) is 14.1. The molecule has 5 heteroatoms. The highest BCUT2D eigenvalue weighted by Crippen LogP contribution is 2.32. The number of carbonyl (C=O) groups excluding carboxylic acids is 1. The number of benzene rings is 1. The lowest BCUT2D eigenvalue weighted by atomic mass is 9.96. The third kappa shape index (κ3) is 4.39. The third-order valence-corrected chi connectivity index (χ3v) is 5.16. The van der Waals surface area contributed by atoms with Crippen LogP contribution < -0.4 is 11.1 Å². The molecule has 3 rings (SSSR count). The Labute approximate surface area is 150 Å². The zero-order chi connectivity index (χ0) is 18.0. The first-order valence-electron chi connectivity index (χ1n) is 9.45. The van der Waals surface area contributed by atoms with Crippen LogP contribution in [0.4, 0.5) is 16.2 Å². The normalized spacial score (nSPS) is 18.1. The lowest BCUT2D eigenvalue weighted by Gasteiger charge is -2.33. The summed E-state index contributed by atoms with van der Waals surface area (Å²) in [5, 5.41) is 3.63. The highest BCUT2D eigenvalue weighted by Gasteiger charge is 2.28. The van der Waals surface area contributed by atoms with Crippen molar-refractivity contribution in [2.24, 2.45) is 5.92 Å². The minimum absolute atomic E-state index is 0.262. The molecule has 2 aliphatic rings. The average molecular weight is 345 g/mol. The summed E-state index contributed by atoms with van der Waals surface area (Å²) >= 11 is 0. The summed E-state index contributed by atoms with van der Waals surface area (Å²) in [6, 6.07) is 4.04. The summed E-state index contributed by atoms with van der Waals surface area (Å²) in [6.07, 6.45) is 5.93. The summed E-state index contributed by atoms with van der Waals surface area (Å²) in [5.74, 6) is 0.787. The van der Waals surface area contributed by atoms with E-state index in [0.717, 1.165) is 30.1 Å². The van der Waals surface area contributed by atoms with E-state index in [1.807, 2.05) is 26.8 Å². The van der Waals surface area contributed by atoms with Gasteiger partial charge in [-0.15, -0.1) is 0 Å². The molecule has 0 spiro atoms. The number of fused-ring (bicyclic) bond motifs is 1. The molecule has 5 nitrogen and oxygen atoms in total. The van der Waals surface area contributed by atoms with Crippen molar-refractivity contribution in [1.82, 2.24) is 4.90 Å². The van der Waals surface area contributed by atoms with Crippen LogP contribution in [0.25, 0.3) is 0 Å². The topological polar surface area (TPSA) is 67.6 Å². The van der Waals surface area contributed by atoms with Crippen molar-refractivity contribution in [3.8, 4) is 0 Å². The Kier molecular flexibility index (Phi) is 5.11. The predicted molar refractivity (Wildman–Crippen MR) is 102 cm³/mol. The molecule has 0 saturated heterocycles. The quantitative estimate of drug-likeness (QED) is 0.807. The molecule has 25 heavy (non-hydrogen) atoms. The van der Waals surface area contributed by atoms with Gasteiger partial charge in [-0.05, 0) is 69.2 Å². The van der Waals surface area contributed by atoms with Crippen LogP contribution in [0.15, 0.2) is 12.1 Å². The van der Waals surface area contributed by atoms with E-state index in [4.69, 9.17) is 10.5 Å². The van der Waals surface area contributed by atoms with Gasteiger partial charge >= 0.3 is 6.09 Å². The highest BCUT2D eigenvalue weighted by molar-refractivity contribution is 5.71. The third-order valence-electron chi connectivity index (χ3n) is 5.16. The summed E-state index contributed by atoms with van der Waals surface area (Å²) in [5.41, 5.74) is 10.00. The largest absolute Gasteiger partial charge is 0.444 e. The van der Waals surface area contributed by atoms with Crippen LogP contribution >= 0.6 is 0 Å². The number of nitrogens with two attached hydrogens (primary N) is 1. The van der Waals surface area contributed by atoms with Gasteiger partial charge in [-0.2, -0.15) is 0 Å². The molecule has 0 unspecified atom stereocenters. The van der Waals surface area contributed by atoms with Gasteiger partial charge in [-0.25, -0.2) is 4.79 Å². The van der Waals surface area contributed by atoms with Crippen molar-refractivity contribution >= 4 is 17.5 Å². The molecule has 1 aromatic carbocycles. The molecule has 0 bridgehead atoms. The minimum atomic E-state index is -0.479. The van der Waals surface area contributed by atoms with Crippen LogP contribution in [0, 0.1) is 5.92 Å². The lowest BCUT2D eigenvalue weighted by molar-refractivity contribution is 0.0224. The zero-order valence-corrected chi connectivity index (χ0v) is 15.7. The molecule has 138 valence electrons. The van der Waals surface area contributed by atoms with Gasteiger partial charge in [0.15, 0.2) is 0 Å². The zero-order valence-electron chi connectivity index (χ0n) is 15.7. The van der Waals surface area contributed by atoms with E-state index >= 15 is 0 Å². The van der Waals surface area contributed by atoms with Crippen molar-refractivity contribution < 1.29 is 9.53 Å². The highest BCUT2D eigenvalue weighted by atomic mass is 16.6. The molecule has 1 amide bonds. The molecule has 1 aliphatic carbocycles. The van der Waals surface area contributed by atoms with Crippen molar-refractivity contribution in [2.75, 3.05) is 24.1 Å². The molecule has 1 saturated carbocycles. The number of hydrogen-bond donors (Lipinski definition) is 2. The van der Waals surface area contributed by atoms with Crippen LogP contribution in [0.2, 0.25) is 0 Å². The molecule has 1 fully saturated rings. The Bertz CT molecular complexity index is 631. The minimum Gasteiger partial charge on any atom is -0.444 e. The number of nitrogens with zero attached hydrogens (tertiary/aromatic N) is 1. The number of amides is 1. The molecular weight excluding hydrogens is 314 g/mol. The molecule has 0 aromatic heterocycles. The number of nitrogen functional groups attached to an aromatic ring is 1. The second-order valence-electron chi connectivity index (χ2n) is 8.34. The van der Waals surface area contributed by atoms with Crippen molar-refractivity contribution in [2.45, 2.75) is 65.0 Å². The molecule has 0 atom stereocenters. The maximum absolute atomic E-state index is 12.4. The molecule has 1 aromatic rings. The van der Waals surface area contributed by atoms with Crippen molar-refractivity contribution in [3.63, 3.8) is 0 Å². The smallest absolute Gasteiger partial charge is 0.410 e. The maximum Gasteiger partial charge on any atom is 0.410 e. The molecule has 0 radical (unpaired) electrons. The van der Waals surface area contributed by atoms with Crippen molar-refractivity contribution in [1.29, 1.82) is 0 Å². The van der Waals surface area contributed by atoms with Crippen molar-refractivity contribution in [3.05, 3.63) is 23.3 Å².